The molecule has 0 aliphatic carbocycles. The molecule has 19 heavy (non-hydrogen) atoms. The molecule has 0 amide bonds. The Labute approximate surface area is 114 Å². The van der Waals surface area contributed by atoms with Crippen LogP contribution in [0.3, 0.4) is 0 Å². The van der Waals surface area contributed by atoms with Gasteiger partial charge >= 0.3 is 0 Å². The van der Waals surface area contributed by atoms with Crippen LogP contribution < -0.4 is 0 Å². The summed E-state index contributed by atoms with van der Waals surface area (Å²) in [4.78, 5) is 0. The zero-order valence-corrected chi connectivity index (χ0v) is 10.8. The second-order valence-electron chi connectivity index (χ2n) is 4.37. The SMILES string of the molecule is N#CC(O)C(O)c1ccc2sc3ccccc3c2c1. The Morgan fingerprint density at radius 2 is 1.74 bits per heavy atom. The minimum Gasteiger partial charge on any atom is -0.385 e. The summed E-state index contributed by atoms with van der Waals surface area (Å²) in [7, 11) is 0. The lowest BCUT2D eigenvalue weighted by Gasteiger charge is -2.11. The number of aliphatic hydroxyl groups excluding tert-OH is 2. The van der Waals surface area contributed by atoms with Crippen LogP contribution in [-0.4, -0.2) is 16.3 Å². The molecule has 1 aromatic heterocycles. The third-order valence-corrected chi connectivity index (χ3v) is 4.33. The molecule has 4 heteroatoms. The second kappa shape index (κ2) is 4.63. The molecule has 0 aliphatic rings. The molecular formula is C15H11NO2S. The third-order valence-electron chi connectivity index (χ3n) is 3.17. The molecule has 3 rings (SSSR count). The van der Waals surface area contributed by atoms with Gasteiger partial charge in [-0.1, -0.05) is 24.3 Å². The van der Waals surface area contributed by atoms with Crippen LogP contribution in [-0.2, 0) is 0 Å². The summed E-state index contributed by atoms with van der Waals surface area (Å²) in [5, 5.41) is 30.1. The number of nitriles is 1. The summed E-state index contributed by atoms with van der Waals surface area (Å²) in [6.45, 7) is 0. The standard InChI is InChI=1S/C15H11NO2S/c16-8-12(17)15(18)9-5-6-14-11(7-9)10-3-1-2-4-13(10)19-14/h1-7,12,15,17-18H. The highest BCUT2D eigenvalue weighted by Crippen LogP contribution is 2.35. The van der Waals surface area contributed by atoms with Gasteiger partial charge in [-0.25, -0.2) is 0 Å². The molecule has 0 saturated carbocycles. The Morgan fingerprint density at radius 3 is 2.53 bits per heavy atom. The van der Waals surface area contributed by atoms with E-state index in [9.17, 15) is 10.2 Å². The van der Waals surface area contributed by atoms with E-state index in [-0.39, 0.29) is 0 Å². The van der Waals surface area contributed by atoms with Gasteiger partial charge in [0.2, 0.25) is 0 Å². The maximum atomic E-state index is 9.89. The van der Waals surface area contributed by atoms with Gasteiger partial charge in [0.15, 0.2) is 6.10 Å². The van der Waals surface area contributed by atoms with E-state index < -0.39 is 12.2 Å². The molecule has 3 nitrogen and oxygen atoms in total. The van der Waals surface area contributed by atoms with E-state index in [1.807, 2.05) is 30.3 Å². The fourth-order valence-corrected chi connectivity index (χ4v) is 3.27. The average molecular weight is 269 g/mol. The summed E-state index contributed by atoms with van der Waals surface area (Å²) in [5.74, 6) is 0. The van der Waals surface area contributed by atoms with E-state index in [4.69, 9.17) is 5.26 Å². The summed E-state index contributed by atoms with van der Waals surface area (Å²) in [5.41, 5.74) is 0.560. The van der Waals surface area contributed by atoms with Crippen LogP contribution in [0.15, 0.2) is 42.5 Å². The van der Waals surface area contributed by atoms with Crippen molar-refractivity contribution in [3.63, 3.8) is 0 Å². The monoisotopic (exact) mass is 269 g/mol. The van der Waals surface area contributed by atoms with Gasteiger partial charge in [-0.3, -0.25) is 0 Å². The predicted molar refractivity (Wildman–Crippen MR) is 75.9 cm³/mol. The molecule has 0 radical (unpaired) electrons. The molecular weight excluding hydrogens is 258 g/mol. The maximum Gasteiger partial charge on any atom is 0.170 e. The van der Waals surface area contributed by atoms with E-state index in [0.29, 0.717) is 5.56 Å². The van der Waals surface area contributed by atoms with E-state index in [0.717, 1.165) is 15.5 Å². The van der Waals surface area contributed by atoms with E-state index >= 15 is 0 Å². The van der Waals surface area contributed by atoms with Crippen LogP contribution >= 0.6 is 11.3 Å². The fourth-order valence-electron chi connectivity index (χ4n) is 2.18. The molecule has 1 heterocycles. The Hall–Kier alpha value is -1.93. The van der Waals surface area contributed by atoms with Gasteiger partial charge in [0.05, 0.1) is 6.07 Å². The van der Waals surface area contributed by atoms with Crippen molar-refractivity contribution in [3.8, 4) is 6.07 Å². The van der Waals surface area contributed by atoms with Gasteiger partial charge in [0, 0.05) is 20.2 Å². The number of thiophene rings is 1. The molecule has 2 atom stereocenters. The van der Waals surface area contributed by atoms with Crippen molar-refractivity contribution in [2.24, 2.45) is 0 Å². The lowest BCUT2D eigenvalue weighted by Crippen LogP contribution is -2.15. The minimum absolute atomic E-state index is 0.560. The largest absolute Gasteiger partial charge is 0.385 e. The van der Waals surface area contributed by atoms with Crippen LogP contribution in [0.25, 0.3) is 20.2 Å². The van der Waals surface area contributed by atoms with Crippen LogP contribution in [0, 0.1) is 11.3 Å². The molecule has 0 saturated heterocycles. The van der Waals surface area contributed by atoms with Gasteiger partial charge in [0.25, 0.3) is 0 Å². The first-order valence-electron chi connectivity index (χ1n) is 5.87. The van der Waals surface area contributed by atoms with Crippen LogP contribution in [0.2, 0.25) is 0 Å². The van der Waals surface area contributed by atoms with Crippen LogP contribution in [0.5, 0.6) is 0 Å². The first kappa shape index (κ1) is 12.1. The maximum absolute atomic E-state index is 9.89. The number of rotatable bonds is 2. The van der Waals surface area contributed by atoms with E-state index in [1.54, 1.807) is 23.5 Å². The number of nitrogens with zero attached hydrogens (tertiary/aromatic N) is 1. The summed E-state index contributed by atoms with van der Waals surface area (Å²) >= 11 is 1.69. The number of aliphatic hydroxyl groups is 2. The molecule has 2 N–H and O–H groups in total. The Balaban J connectivity index is 2.20. The quantitative estimate of drug-likeness (QED) is 0.703. The molecule has 2 unspecified atom stereocenters. The van der Waals surface area contributed by atoms with Crippen molar-refractivity contribution in [2.45, 2.75) is 12.2 Å². The van der Waals surface area contributed by atoms with Crippen molar-refractivity contribution in [1.82, 2.24) is 0 Å². The number of fused-ring (bicyclic) bond motifs is 3. The van der Waals surface area contributed by atoms with E-state index in [1.165, 1.54) is 4.70 Å². The smallest absolute Gasteiger partial charge is 0.170 e. The summed E-state index contributed by atoms with van der Waals surface area (Å²) < 4.78 is 2.31. The predicted octanol–water partition coefficient (Wildman–Crippen LogP) is 2.97. The van der Waals surface area contributed by atoms with Gasteiger partial charge in [-0.05, 0) is 23.8 Å². The van der Waals surface area contributed by atoms with Crippen LogP contribution in [0.1, 0.15) is 11.7 Å². The molecule has 0 fully saturated rings. The lowest BCUT2D eigenvalue weighted by atomic mass is 10.0. The molecule has 3 aromatic rings. The third kappa shape index (κ3) is 1.98. The molecule has 94 valence electrons. The zero-order chi connectivity index (χ0) is 13.4. The van der Waals surface area contributed by atoms with Gasteiger partial charge in [-0.15, -0.1) is 11.3 Å². The van der Waals surface area contributed by atoms with E-state index in [2.05, 4.69) is 6.07 Å². The molecule has 0 spiro atoms. The molecule has 0 aliphatic heterocycles. The average Bonchev–Trinajstić information content (AvgIpc) is 2.83. The van der Waals surface area contributed by atoms with Crippen LogP contribution in [0.4, 0.5) is 0 Å². The first-order chi connectivity index (χ1) is 9.20. The Bertz CT molecular complexity index is 788. The number of hydrogen-bond donors (Lipinski definition) is 2. The van der Waals surface area contributed by atoms with Crippen molar-refractivity contribution in [3.05, 3.63) is 48.0 Å². The Morgan fingerprint density at radius 1 is 1.00 bits per heavy atom. The fraction of sp³-hybridized carbons (Fsp3) is 0.133. The van der Waals surface area contributed by atoms with Crippen molar-refractivity contribution < 1.29 is 10.2 Å². The topological polar surface area (TPSA) is 64.2 Å². The molecule has 2 aromatic carbocycles. The van der Waals surface area contributed by atoms with Gasteiger partial charge in [-0.2, -0.15) is 5.26 Å². The zero-order valence-electron chi connectivity index (χ0n) is 9.95. The highest BCUT2D eigenvalue weighted by Gasteiger charge is 2.18. The van der Waals surface area contributed by atoms with Crippen molar-refractivity contribution in [2.75, 3.05) is 0 Å². The lowest BCUT2D eigenvalue weighted by molar-refractivity contribution is 0.0529. The van der Waals surface area contributed by atoms with Gasteiger partial charge < -0.3 is 10.2 Å². The Kier molecular flexibility index (Phi) is 2.96. The normalized spacial score (nSPS) is 14.4. The first-order valence-corrected chi connectivity index (χ1v) is 6.69. The van der Waals surface area contributed by atoms with Crippen molar-refractivity contribution >= 4 is 31.5 Å². The molecule has 0 bridgehead atoms. The number of benzene rings is 2. The number of hydrogen-bond acceptors (Lipinski definition) is 4. The van der Waals surface area contributed by atoms with Crippen molar-refractivity contribution in [1.29, 1.82) is 5.26 Å². The second-order valence-corrected chi connectivity index (χ2v) is 5.46. The highest BCUT2D eigenvalue weighted by molar-refractivity contribution is 7.25. The minimum atomic E-state index is -1.40. The van der Waals surface area contributed by atoms with Gasteiger partial charge in [0.1, 0.15) is 6.10 Å². The highest BCUT2D eigenvalue weighted by atomic mass is 32.1. The summed E-state index contributed by atoms with van der Waals surface area (Å²) in [6, 6.07) is 15.2. The summed E-state index contributed by atoms with van der Waals surface area (Å²) in [6.07, 6.45) is -2.57.